The monoisotopic (exact) mass is 586 g/mol. The SMILES string of the molecule is CCCCCc1cc(C(=O)NS(=O)(=O)c2cccc(CCNC(=O)c3cc(Cl)ccc3OC)c2)cnc1C(=O)[O-]. The topological polar surface area (TPSA) is 155 Å². The van der Waals surface area contributed by atoms with Gasteiger partial charge in [-0.25, -0.2) is 13.1 Å². The van der Waals surface area contributed by atoms with Gasteiger partial charge in [0.05, 0.1) is 34.8 Å². The Morgan fingerprint density at radius 2 is 1.80 bits per heavy atom. The van der Waals surface area contributed by atoms with Crippen molar-refractivity contribution in [3.05, 3.63) is 87.7 Å². The van der Waals surface area contributed by atoms with Gasteiger partial charge in [0.15, 0.2) is 0 Å². The number of ether oxygens (including phenoxy) is 1. The van der Waals surface area contributed by atoms with Gasteiger partial charge in [0.1, 0.15) is 5.75 Å². The zero-order chi connectivity index (χ0) is 29.3. The second-order valence-electron chi connectivity index (χ2n) is 8.91. The molecule has 0 aliphatic carbocycles. The Morgan fingerprint density at radius 1 is 1.02 bits per heavy atom. The third-order valence-corrected chi connectivity index (χ3v) is 7.58. The molecule has 0 atom stereocenters. The van der Waals surface area contributed by atoms with Crippen LogP contribution in [0.2, 0.25) is 5.02 Å². The lowest BCUT2D eigenvalue weighted by Crippen LogP contribution is -2.31. The first-order valence-electron chi connectivity index (χ1n) is 12.5. The van der Waals surface area contributed by atoms with Crippen molar-refractivity contribution >= 4 is 39.4 Å². The minimum absolute atomic E-state index is 0.0876. The number of aromatic carboxylic acids is 1. The minimum Gasteiger partial charge on any atom is -0.543 e. The molecule has 0 aliphatic rings. The molecule has 3 rings (SSSR count). The summed E-state index contributed by atoms with van der Waals surface area (Å²) in [6.45, 7) is 2.19. The van der Waals surface area contributed by atoms with E-state index in [9.17, 15) is 27.9 Å². The van der Waals surface area contributed by atoms with E-state index in [-0.39, 0.29) is 28.3 Å². The van der Waals surface area contributed by atoms with Gasteiger partial charge in [-0.3, -0.25) is 14.6 Å². The largest absolute Gasteiger partial charge is 0.543 e. The molecule has 1 heterocycles. The molecule has 40 heavy (non-hydrogen) atoms. The first kappa shape index (κ1) is 30.6. The highest BCUT2D eigenvalue weighted by atomic mass is 35.5. The fraction of sp³-hybridized carbons (Fsp3) is 0.286. The smallest absolute Gasteiger partial charge is 0.266 e. The van der Waals surface area contributed by atoms with Crippen LogP contribution < -0.4 is 19.9 Å². The van der Waals surface area contributed by atoms with Crippen LogP contribution in [-0.2, 0) is 22.9 Å². The van der Waals surface area contributed by atoms with E-state index in [2.05, 4.69) is 10.3 Å². The average Bonchev–Trinajstić information content (AvgIpc) is 2.93. The van der Waals surface area contributed by atoms with Crippen molar-refractivity contribution in [1.82, 2.24) is 15.0 Å². The number of rotatable bonds is 13. The summed E-state index contributed by atoms with van der Waals surface area (Å²) in [4.78, 5) is 40.4. The number of amides is 2. The van der Waals surface area contributed by atoms with Crippen molar-refractivity contribution in [1.29, 1.82) is 0 Å². The maximum Gasteiger partial charge on any atom is 0.266 e. The molecule has 0 saturated carbocycles. The molecule has 2 N–H and O–H groups in total. The fourth-order valence-corrected chi connectivity index (χ4v) is 5.17. The van der Waals surface area contributed by atoms with Crippen LogP contribution in [0.5, 0.6) is 5.75 Å². The number of carboxylic acids is 1. The molecule has 3 aromatic rings. The van der Waals surface area contributed by atoms with E-state index in [4.69, 9.17) is 16.3 Å². The van der Waals surface area contributed by atoms with Crippen LogP contribution >= 0.6 is 11.6 Å². The summed E-state index contributed by atoms with van der Waals surface area (Å²) in [5, 5.41) is 14.5. The van der Waals surface area contributed by atoms with Crippen molar-refractivity contribution in [2.75, 3.05) is 13.7 Å². The molecule has 0 spiro atoms. The maximum atomic E-state index is 13.0. The number of nitrogens with zero attached hydrogens (tertiary/aromatic N) is 1. The van der Waals surface area contributed by atoms with Gasteiger partial charge in [-0.05, 0) is 66.8 Å². The summed E-state index contributed by atoms with van der Waals surface area (Å²) in [6, 6.07) is 12.0. The van der Waals surface area contributed by atoms with Crippen molar-refractivity contribution in [2.45, 2.75) is 43.9 Å². The highest BCUT2D eigenvalue weighted by molar-refractivity contribution is 7.90. The van der Waals surface area contributed by atoms with Gasteiger partial charge in [-0.1, -0.05) is 43.5 Å². The number of benzene rings is 2. The normalized spacial score (nSPS) is 11.1. The number of halogens is 1. The third kappa shape index (κ3) is 8.03. The van der Waals surface area contributed by atoms with Crippen LogP contribution in [-0.4, -0.2) is 44.8 Å². The highest BCUT2D eigenvalue weighted by Crippen LogP contribution is 2.22. The van der Waals surface area contributed by atoms with E-state index in [0.717, 1.165) is 19.0 Å². The molecule has 0 saturated heterocycles. The lowest BCUT2D eigenvalue weighted by molar-refractivity contribution is -0.255. The van der Waals surface area contributed by atoms with Gasteiger partial charge in [0.25, 0.3) is 21.8 Å². The molecule has 0 aliphatic heterocycles. The van der Waals surface area contributed by atoms with Crippen molar-refractivity contribution in [3.63, 3.8) is 0 Å². The molecule has 0 fully saturated rings. The number of nitrogens with one attached hydrogen (secondary N) is 2. The predicted molar refractivity (Wildman–Crippen MR) is 147 cm³/mol. The Labute approximate surface area is 237 Å². The Morgan fingerprint density at radius 3 is 2.50 bits per heavy atom. The quantitative estimate of drug-likeness (QED) is 0.290. The van der Waals surface area contributed by atoms with Gasteiger partial charge in [-0.15, -0.1) is 0 Å². The fourth-order valence-electron chi connectivity index (χ4n) is 3.96. The minimum atomic E-state index is -4.26. The molecule has 0 radical (unpaired) electrons. The number of aromatic nitrogens is 1. The Bertz CT molecular complexity index is 1510. The van der Waals surface area contributed by atoms with E-state index < -0.39 is 27.8 Å². The molecule has 2 aromatic carbocycles. The Hall–Kier alpha value is -3.96. The first-order valence-corrected chi connectivity index (χ1v) is 14.4. The Balaban J connectivity index is 1.68. The van der Waals surface area contributed by atoms with Crippen molar-refractivity contribution in [3.8, 4) is 5.75 Å². The number of carbonyl (C=O) groups excluding carboxylic acids is 3. The molecule has 2 amide bonds. The molecule has 0 bridgehead atoms. The molecular weight excluding hydrogens is 558 g/mol. The molecule has 12 heteroatoms. The van der Waals surface area contributed by atoms with Crippen molar-refractivity contribution in [2.24, 2.45) is 0 Å². The first-order chi connectivity index (χ1) is 19.1. The molecular formula is C28H29ClN3O7S-. The summed E-state index contributed by atoms with van der Waals surface area (Å²) >= 11 is 5.98. The summed E-state index contributed by atoms with van der Waals surface area (Å²) in [5.41, 5.74) is 0.814. The van der Waals surface area contributed by atoms with E-state index in [1.165, 1.54) is 37.4 Å². The van der Waals surface area contributed by atoms with Crippen molar-refractivity contribution < 1.29 is 32.6 Å². The van der Waals surface area contributed by atoms with Gasteiger partial charge in [0.2, 0.25) is 0 Å². The van der Waals surface area contributed by atoms with E-state index in [1.807, 2.05) is 11.6 Å². The molecule has 1 aromatic heterocycles. The number of hydrogen-bond acceptors (Lipinski definition) is 8. The lowest BCUT2D eigenvalue weighted by atomic mass is 10.0. The number of aryl methyl sites for hydroxylation is 1. The lowest BCUT2D eigenvalue weighted by Gasteiger charge is -2.13. The standard InChI is InChI=1S/C28H30ClN3O7S/c1-3-4-5-8-19-15-20(17-31-25(19)28(35)36)26(33)32-40(37,38)22-9-6-7-18(14-22)12-13-30-27(34)23-16-21(29)10-11-24(23)39-2/h6-7,9-11,14-17H,3-5,8,12-13H2,1-2H3,(H,30,34)(H,32,33)(H,35,36)/p-1. The predicted octanol–water partition coefficient (Wildman–Crippen LogP) is 2.93. The zero-order valence-corrected chi connectivity index (χ0v) is 23.6. The second kappa shape index (κ2) is 13.9. The van der Waals surface area contributed by atoms with E-state index in [0.29, 0.717) is 41.2 Å². The average molecular weight is 587 g/mol. The van der Waals surface area contributed by atoms with E-state index >= 15 is 0 Å². The number of unbranched alkanes of at least 4 members (excludes halogenated alkanes) is 2. The maximum absolute atomic E-state index is 13.0. The summed E-state index contributed by atoms with van der Waals surface area (Å²) in [7, 11) is -2.82. The number of sulfonamides is 1. The van der Waals surface area contributed by atoms with E-state index in [1.54, 1.807) is 18.2 Å². The Kier molecular flexibility index (Phi) is 10.6. The van der Waals surface area contributed by atoms with Gasteiger partial charge in [0, 0.05) is 17.8 Å². The summed E-state index contributed by atoms with van der Waals surface area (Å²) in [5.74, 6) is -2.45. The van der Waals surface area contributed by atoms with Gasteiger partial charge < -0.3 is 20.0 Å². The van der Waals surface area contributed by atoms with Crippen LogP contribution in [0, 0.1) is 0 Å². The summed E-state index contributed by atoms with van der Waals surface area (Å²) in [6.07, 6.45) is 4.12. The third-order valence-electron chi connectivity index (χ3n) is 6.01. The molecule has 212 valence electrons. The number of carbonyl (C=O) groups is 3. The highest BCUT2D eigenvalue weighted by Gasteiger charge is 2.21. The van der Waals surface area contributed by atoms with Crippen LogP contribution in [0.3, 0.4) is 0 Å². The van der Waals surface area contributed by atoms with Crippen LogP contribution in [0.25, 0.3) is 0 Å². The second-order valence-corrected chi connectivity index (χ2v) is 11.0. The van der Waals surface area contributed by atoms with Gasteiger partial charge >= 0.3 is 0 Å². The van der Waals surface area contributed by atoms with Crippen LogP contribution in [0.15, 0.2) is 59.6 Å². The van der Waals surface area contributed by atoms with Crippen LogP contribution in [0.4, 0.5) is 0 Å². The molecule has 10 nitrogen and oxygen atoms in total. The number of hydrogen-bond donors (Lipinski definition) is 2. The number of carboxylic acid groups (broad SMARTS) is 1. The number of methoxy groups -OCH3 is 1. The van der Waals surface area contributed by atoms with Gasteiger partial charge in [-0.2, -0.15) is 0 Å². The summed E-state index contributed by atoms with van der Waals surface area (Å²) < 4.78 is 33.1. The zero-order valence-electron chi connectivity index (χ0n) is 22.0. The van der Waals surface area contributed by atoms with Crippen LogP contribution in [0.1, 0.15) is 68.5 Å². The molecule has 0 unspecified atom stereocenters. The number of pyridine rings is 1.